The third kappa shape index (κ3) is 2.27. The molecule has 70 valence electrons. The van der Waals surface area contributed by atoms with E-state index >= 15 is 0 Å². The van der Waals surface area contributed by atoms with Gasteiger partial charge in [-0.2, -0.15) is 0 Å². The lowest BCUT2D eigenvalue weighted by Gasteiger charge is -2.08. The molecule has 0 bridgehead atoms. The molecule has 0 saturated carbocycles. The van der Waals surface area contributed by atoms with Gasteiger partial charge in [0.05, 0.1) is 0 Å². The van der Waals surface area contributed by atoms with Gasteiger partial charge in [0.25, 0.3) is 5.91 Å². The number of nitrogens with one attached hydrogen (secondary N) is 1. The van der Waals surface area contributed by atoms with E-state index in [2.05, 4.69) is 0 Å². The maximum Gasteiger partial charge on any atom is 0.276 e. The van der Waals surface area contributed by atoms with Gasteiger partial charge in [-0.25, -0.2) is 5.48 Å². The summed E-state index contributed by atoms with van der Waals surface area (Å²) in [5.41, 5.74) is 2.89. The number of aliphatic hydroxyl groups excluding tert-OH is 1. The van der Waals surface area contributed by atoms with Crippen LogP contribution in [0.3, 0.4) is 0 Å². The van der Waals surface area contributed by atoms with Crippen molar-refractivity contribution >= 4 is 5.91 Å². The van der Waals surface area contributed by atoms with Crippen molar-refractivity contribution in [1.29, 1.82) is 0 Å². The number of aryl methyl sites for hydroxylation is 1. The molecule has 13 heavy (non-hydrogen) atoms. The SMILES string of the molecule is Cc1ccc(C(O)C(=O)NO)cc1. The zero-order chi connectivity index (χ0) is 9.84. The first-order chi connectivity index (χ1) is 6.15. The first-order valence-corrected chi connectivity index (χ1v) is 3.83. The highest BCUT2D eigenvalue weighted by atomic mass is 16.5. The zero-order valence-electron chi connectivity index (χ0n) is 7.19. The molecule has 1 rings (SSSR count). The fourth-order valence-corrected chi connectivity index (χ4v) is 0.961. The Balaban J connectivity index is 2.83. The topological polar surface area (TPSA) is 69.6 Å². The monoisotopic (exact) mass is 181 g/mol. The Morgan fingerprint density at radius 1 is 1.38 bits per heavy atom. The van der Waals surface area contributed by atoms with Gasteiger partial charge in [0.1, 0.15) is 0 Å². The molecule has 0 heterocycles. The lowest BCUT2D eigenvalue weighted by atomic mass is 10.1. The third-order valence-electron chi connectivity index (χ3n) is 1.75. The molecular formula is C9H11NO3. The summed E-state index contributed by atoms with van der Waals surface area (Å²) in [4.78, 5) is 10.8. The second-order valence-electron chi connectivity index (χ2n) is 2.79. The minimum atomic E-state index is -1.31. The van der Waals surface area contributed by atoms with Gasteiger partial charge in [-0.3, -0.25) is 10.0 Å². The van der Waals surface area contributed by atoms with Crippen molar-refractivity contribution in [3.8, 4) is 0 Å². The molecule has 4 heteroatoms. The molecule has 1 amide bonds. The van der Waals surface area contributed by atoms with Gasteiger partial charge in [-0.1, -0.05) is 29.8 Å². The predicted octanol–water partition coefficient (Wildman–Crippen LogP) is 0.534. The van der Waals surface area contributed by atoms with Gasteiger partial charge in [0.15, 0.2) is 6.10 Å². The fourth-order valence-electron chi connectivity index (χ4n) is 0.961. The van der Waals surface area contributed by atoms with Gasteiger partial charge in [-0.05, 0) is 12.5 Å². The van der Waals surface area contributed by atoms with Crippen LogP contribution in [0.1, 0.15) is 17.2 Å². The van der Waals surface area contributed by atoms with Crippen LogP contribution in [0.4, 0.5) is 0 Å². The molecule has 0 aliphatic rings. The van der Waals surface area contributed by atoms with Gasteiger partial charge in [0, 0.05) is 0 Å². The fraction of sp³-hybridized carbons (Fsp3) is 0.222. The summed E-state index contributed by atoms with van der Waals surface area (Å²) in [6.45, 7) is 1.91. The van der Waals surface area contributed by atoms with Crippen molar-refractivity contribution in [1.82, 2.24) is 5.48 Å². The van der Waals surface area contributed by atoms with E-state index in [1.807, 2.05) is 6.92 Å². The first kappa shape index (κ1) is 9.70. The Morgan fingerprint density at radius 2 is 1.92 bits per heavy atom. The van der Waals surface area contributed by atoms with Crippen LogP contribution in [-0.2, 0) is 4.79 Å². The van der Waals surface area contributed by atoms with Crippen LogP contribution in [0.2, 0.25) is 0 Å². The first-order valence-electron chi connectivity index (χ1n) is 3.83. The number of aliphatic hydroxyl groups is 1. The van der Waals surface area contributed by atoms with Gasteiger partial charge in [0.2, 0.25) is 0 Å². The van der Waals surface area contributed by atoms with E-state index in [1.54, 1.807) is 24.3 Å². The van der Waals surface area contributed by atoms with Crippen molar-refractivity contribution in [3.63, 3.8) is 0 Å². The molecule has 0 radical (unpaired) electrons. The Morgan fingerprint density at radius 3 is 2.38 bits per heavy atom. The van der Waals surface area contributed by atoms with Gasteiger partial charge in [-0.15, -0.1) is 0 Å². The standard InChI is InChI=1S/C9H11NO3/c1-6-2-4-7(5-3-6)8(11)9(12)10-13/h2-5,8,11,13H,1H3,(H,10,12). The summed E-state index contributed by atoms with van der Waals surface area (Å²) in [5, 5.41) is 17.6. The Bertz CT molecular complexity index is 294. The molecule has 3 N–H and O–H groups in total. The highest BCUT2D eigenvalue weighted by molar-refractivity contribution is 5.80. The number of carbonyl (C=O) groups excluding carboxylic acids is 1. The molecule has 4 nitrogen and oxygen atoms in total. The quantitative estimate of drug-likeness (QED) is 0.460. The summed E-state index contributed by atoms with van der Waals surface area (Å²) in [7, 11) is 0. The lowest BCUT2D eigenvalue weighted by Crippen LogP contribution is -2.25. The molecule has 0 aliphatic heterocycles. The largest absolute Gasteiger partial charge is 0.378 e. The molecule has 1 aromatic rings. The molecule has 0 aromatic heterocycles. The minimum absolute atomic E-state index is 0.456. The maximum absolute atomic E-state index is 10.8. The van der Waals surface area contributed by atoms with Gasteiger partial charge < -0.3 is 5.11 Å². The summed E-state index contributed by atoms with van der Waals surface area (Å²) < 4.78 is 0. The number of rotatable bonds is 2. The summed E-state index contributed by atoms with van der Waals surface area (Å²) in [6.07, 6.45) is -1.31. The highest BCUT2D eigenvalue weighted by Crippen LogP contribution is 2.13. The normalized spacial score (nSPS) is 12.2. The van der Waals surface area contributed by atoms with Crippen molar-refractivity contribution in [3.05, 3.63) is 35.4 Å². The Hall–Kier alpha value is -1.39. The van der Waals surface area contributed by atoms with E-state index in [0.29, 0.717) is 5.56 Å². The van der Waals surface area contributed by atoms with Crippen molar-refractivity contribution in [2.24, 2.45) is 0 Å². The van der Waals surface area contributed by atoms with E-state index in [4.69, 9.17) is 5.21 Å². The summed E-state index contributed by atoms with van der Waals surface area (Å²) in [6, 6.07) is 6.83. The number of carbonyl (C=O) groups is 1. The van der Waals surface area contributed by atoms with E-state index in [-0.39, 0.29) is 0 Å². The van der Waals surface area contributed by atoms with E-state index in [9.17, 15) is 9.90 Å². The highest BCUT2D eigenvalue weighted by Gasteiger charge is 2.15. The van der Waals surface area contributed by atoms with Crippen LogP contribution in [0, 0.1) is 6.92 Å². The minimum Gasteiger partial charge on any atom is -0.378 e. The van der Waals surface area contributed by atoms with Crippen molar-refractivity contribution in [2.75, 3.05) is 0 Å². The smallest absolute Gasteiger partial charge is 0.276 e. The number of amides is 1. The molecule has 0 fully saturated rings. The van der Waals surface area contributed by atoms with E-state index < -0.39 is 12.0 Å². The molecule has 0 aliphatic carbocycles. The number of benzene rings is 1. The van der Waals surface area contributed by atoms with E-state index in [0.717, 1.165) is 5.56 Å². The average Bonchev–Trinajstić information content (AvgIpc) is 2.17. The van der Waals surface area contributed by atoms with Gasteiger partial charge >= 0.3 is 0 Å². The van der Waals surface area contributed by atoms with E-state index in [1.165, 1.54) is 5.48 Å². The van der Waals surface area contributed by atoms with Crippen LogP contribution < -0.4 is 5.48 Å². The molecule has 0 saturated heterocycles. The number of hydroxylamine groups is 1. The molecule has 1 unspecified atom stereocenters. The zero-order valence-corrected chi connectivity index (χ0v) is 7.19. The molecule has 0 spiro atoms. The predicted molar refractivity (Wildman–Crippen MR) is 46.1 cm³/mol. The number of hydrogen-bond acceptors (Lipinski definition) is 3. The average molecular weight is 181 g/mol. The Labute approximate surface area is 75.8 Å². The van der Waals surface area contributed by atoms with Crippen LogP contribution in [-0.4, -0.2) is 16.2 Å². The Kier molecular flexibility index (Phi) is 3.00. The molecule has 1 aromatic carbocycles. The van der Waals surface area contributed by atoms with Crippen LogP contribution >= 0.6 is 0 Å². The van der Waals surface area contributed by atoms with Crippen LogP contribution in [0.15, 0.2) is 24.3 Å². The number of hydrogen-bond donors (Lipinski definition) is 3. The molecular weight excluding hydrogens is 170 g/mol. The van der Waals surface area contributed by atoms with Crippen LogP contribution in [0.5, 0.6) is 0 Å². The second kappa shape index (κ2) is 4.02. The maximum atomic E-state index is 10.8. The van der Waals surface area contributed by atoms with Crippen molar-refractivity contribution in [2.45, 2.75) is 13.0 Å². The summed E-state index contributed by atoms with van der Waals surface area (Å²) >= 11 is 0. The third-order valence-corrected chi connectivity index (χ3v) is 1.75. The van der Waals surface area contributed by atoms with Crippen LogP contribution in [0.25, 0.3) is 0 Å². The van der Waals surface area contributed by atoms with Crippen molar-refractivity contribution < 1.29 is 15.1 Å². The second-order valence-corrected chi connectivity index (χ2v) is 2.79. The molecule has 1 atom stereocenters. The summed E-state index contributed by atoms with van der Waals surface area (Å²) in [5.74, 6) is -0.830. The lowest BCUT2D eigenvalue weighted by molar-refractivity contribution is -0.138.